The molecule has 2 fully saturated rings. The normalized spacial score (nSPS) is 21.7. The van der Waals surface area contributed by atoms with E-state index in [1.807, 2.05) is 11.8 Å². The maximum Gasteiger partial charge on any atom is 0.407 e. The highest BCUT2D eigenvalue weighted by Crippen LogP contribution is 2.28. The minimum Gasteiger partial charge on any atom is -0.449 e. The number of carbonyl (C=O) groups excluding carboxylic acids is 1. The number of rotatable bonds is 5. The fourth-order valence-electron chi connectivity index (χ4n) is 2.10. The molecular formula is C13H24N2O2S. The van der Waals surface area contributed by atoms with Crippen molar-refractivity contribution in [3.8, 4) is 0 Å². The summed E-state index contributed by atoms with van der Waals surface area (Å²) in [5, 5.41) is 2.89. The molecule has 0 atom stereocenters. The van der Waals surface area contributed by atoms with Crippen LogP contribution in [0.4, 0.5) is 4.79 Å². The summed E-state index contributed by atoms with van der Waals surface area (Å²) in [5.74, 6) is 3.01. The van der Waals surface area contributed by atoms with E-state index >= 15 is 0 Å². The minimum atomic E-state index is -0.263. The van der Waals surface area contributed by atoms with E-state index in [0.29, 0.717) is 19.1 Å². The molecule has 104 valence electrons. The highest BCUT2D eigenvalue weighted by atomic mass is 32.2. The minimum absolute atomic E-state index is 0.0135. The second-order valence-electron chi connectivity index (χ2n) is 5.81. The second-order valence-corrected chi connectivity index (χ2v) is 7.03. The van der Waals surface area contributed by atoms with E-state index in [1.54, 1.807) is 0 Å². The molecule has 1 saturated heterocycles. The second kappa shape index (κ2) is 6.15. The number of hydrogen-bond acceptors (Lipinski definition) is 4. The van der Waals surface area contributed by atoms with Gasteiger partial charge in [-0.2, -0.15) is 11.8 Å². The Labute approximate surface area is 114 Å². The Balaban J connectivity index is 1.67. The summed E-state index contributed by atoms with van der Waals surface area (Å²) in [6.45, 7) is 7.83. The van der Waals surface area contributed by atoms with Gasteiger partial charge in [-0.1, -0.05) is 0 Å². The molecule has 1 saturated carbocycles. The molecule has 2 aliphatic rings. The highest BCUT2D eigenvalue weighted by molar-refractivity contribution is 7.99. The van der Waals surface area contributed by atoms with Crippen LogP contribution < -0.4 is 5.32 Å². The van der Waals surface area contributed by atoms with Crippen LogP contribution >= 0.6 is 11.8 Å². The van der Waals surface area contributed by atoms with Crippen molar-refractivity contribution in [3.63, 3.8) is 0 Å². The molecule has 1 heterocycles. The Kier molecular flexibility index (Phi) is 4.78. The molecule has 0 aromatic rings. The van der Waals surface area contributed by atoms with Crippen molar-refractivity contribution in [1.82, 2.24) is 10.2 Å². The van der Waals surface area contributed by atoms with Gasteiger partial charge >= 0.3 is 6.09 Å². The lowest BCUT2D eigenvalue weighted by Gasteiger charge is -2.40. The quantitative estimate of drug-likeness (QED) is 0.830. The molecule has 0 spiro atoms. The van der Waals surface area contributed by atoms with E-state index < -0.39 is 0 Å². The lowest BCUT2D eigenvalue weighted by atomic mass is 10.0. The number of thioether (sulfide) groups is 1. The number of alkyl carbamates (subject to hydrolysis) is 1. The third-order valence-electron chi connectivity index (χ3n) is 3.68. The van der Waals surface area contributed by atoms with Gasteiger partial charge in [0.1, 0.15) is 0 Å². The van der Waals surface area contributed by atoms with Crippen molar-refractivity contribution in [2.75, 3.05) is 37.7 Å². The molecule has 0 aromatic heterocycles. The maximum atomic E-state index is 11.5. The Morgan fingerprint density at radius 2 is 2.06 bits per heavy atom. The van der Waals surface area contributed by atoms with Crippen molar-refractivity contribution >= 4 is 17.9 Å². The van der Waals surface area contributed by atoms with Gasteiger partial charge in [-0.3, -0.25) is 4.90 Å². The summed E-state index contributed by atoms with van der Waals surface area (Å²) in [6.07, 6.45) is 2.16. The molecule has 18 heavy (non-hydrogen) atoms. The van der Waals surface area contributed by atoms with Gasteiger partial charge in [-0.15, -0.1) is 0 Å². The first-order valence-electron chi connectivity index (χ1n) is 6.81. The number of nitrogens with zero attached hydrogens (tertiary/aromatic N) is 1. The predicted molar refractivity (Wildman–Crippen MR) is 75.1 cm³/mol. The zero-order chi connectivity index (χ0) is 13.0. The van der Waals surface area contributed by atoms with E-state index in [-0.39, 0.29) is 11.6 Å². The van der Waals surface area contributed by atoms with Gasteiger partial charge in [0.15, 0.2) is 0 Å². The molecule has 5 heteroatoms. The topological polar surface area (TPSA) is 41.6 Å². The summed E-state index contributed by atoms with van der Waals surface area (Å²) >= 11 is 2.00. The zero-order valence-corrected chi connectivity index (χ0v) is 12.2. The van der Waals surface area contributed by atoms with Gasteiger partial charge in [0.2, 0.25) is 0 Å². The molecule has 1 N–H and O–H groups in total. The van der Waals surface area contributed by atoms with Gasteiger partial charge < -0.3 is 10.1 Å². The van der Waals surface area contributed by atoms with Crippen LogP contribution in [0.3, 0.4) is 0 Å². The van der Waals surface area contributed by atoms with Crippen molar-refractivity contribution < 1.29 is 9.53 Å². The fraction of sp³-hybridized carbons (Fsp3) is 0.923. The number of nitrogens with one attached hydrogen (secondary N) is 1. The maximum absolute atomic E-state index is 11.5. The Hall–Kier alpha value is -0.420. The first-order valence-corrected chi connectivity index (χ1v) is 7.97. The number of hydrogen-bond donors (Lipinski definition) is 1. The lowest BCUT2D eigenvalue weighted by Crippen LogP contribution is -2.54. The lowest BCUT2D eigenvalue weighted by molar-refractivity contribution is 0.112. The van der Waals surface area contributed by atoms with Crippen LogP contribution in [0, 0.1) is 5.92 Å². The van der Waals surface area contributed by atoms with Crippen LogP contribution in [0.15, 0.2) is 0 Å². The Morgan fingerprint density at radius 3 is 2.67 bits per heavy atom. The van der Waals surface area contributed by atoms with Crippen LogP contribution in [-0.4, -0.2) is 54.3 Å². The van der Waals surface area contributed by atoms with E-state index in [1.165, 1.54) is 24.3 Å². The van der Waals surface area contributed by atoms with E-state index in [2.05, 4.69) is 24.1 Å². The molecule has 1 aliphatic heterocycles. The summed E-state index contributed by atoms with van der Waals surface area (Å²) in [7, 11) is 0. The molecule has 0 unspecified atom stereocenters. The average molecular weight is 272 g/mol. The standard InChI is InChI=1S/C13H24N2O2S/c1-13(2,15-5-7-18-8-6-15)10-14-12(16)17-9-11-3-4-11/h11H,3-10H2,1-2H3,(H,14,16). The SMILES string of the molecule is CC(C)(CNC(=O)OCC1CC1)N1CCSCC1. The third-order valence-corrected chi connectivity index (χ3v) is 4.62. The monoisotopic (exact) mass is 272 g/mol. The molecular weight excluding hydrogens is 248 g/mol. The van der Waals surface area contributed by atoms with Gasteiger partial charge in [-0.05, 0) is 32.6 Å². The third kappa shape index (κ3) is 4.35. The van der Waals surface area contributed by atoms with Crippen LogP contribution in [0.1, 0.15) is 26.7 Å². The summed E-state index contributed by atoms with van der Waals surface area (Å²) in [6, 6.07) is 0. The van der Waals surface area contributed by atoms with Crippen LogP contribution in [0.2, 0.25) is 0 Å². The zero-order valence-electron chi connectivity index (χ0n) is 11.4. The van der Waals surface area contributed by atoms with E-state index in [9.17, 15) is 4.79 Å². The molecule has 0 aromatic carbocycles. The van der Waals surface area contributed by atoms with Gasteiger partial charge in [-0.25, -0.2) is 4.79 Å². The Morgan fingerprint density at radius 1 is 1.39 bits per heavy atom. The molecule has 1 amide bonds. The largest absolute Gasteiger partial charge is 0.449 e. The van der Waals surface area contributed by atoms with Gasteiger partial charge in [0.05, 0.1) is 6.61 Å². The molecule has 4 nitrogen and oxygen atoms in total. The van der Waals surface area contributed by atoms with Gasteiger partial charge in [0.25, 0.3) is 0 Å². The van der Waals surface area contributed by atoms with Gasteiger partial charge in [0, 0.05) is 36.7 Å². The molecule has 2 rings (SSSR count). The van der Waals surface area contributed by atoms with Crippen molar-refractivity contribution in [1.29, 1.82) is 0 Å². The highest BCUT2D eigenvalue weighted by Gasteiger charge is 2.29. The fourth-order valence-corrected chi connectivity index (χ4v) is 3.00. The van der Waals surface area contributed by atoms with E-state index in [0.717, 1.165) is 13.1 Å². The number of carbonyl (C=O) groups is 1. The molecule has 0 bridgehead atoms. The summed E-state index contributed by atoms with van der Waals surface area (Å²) < 4.78 is 5.18. The first kappa shape index (κ1) is 14.0. The van der Waals surface area contributed by atoms with Crippen molar-refractivity contribution in [3.05, 3.63) is 0 Å². The number of ether oxygens (including phenoxy) is 1. The number of amides is 1. The average Bonchev–Trinajstić information content (AvgIpc) is 3.19. The van der Waals surface area contributed by atoms with Crippen LogP contribution in [-0.2, 0) is 4.74 Å². The summed E-state index contributed by atoms with van der Waals surface area (Å²) in [4.78, 5) is 14.0. The molecule has 0 radical (unpaired) electrons. The summed E-state index contributed by atoms with van der Waals surface area (Å²) in [5.41, 5.74) is 0.0135. The smallest absolute Gasteiger partial charge is 0.407 e. The van der Waals surface area contributed by atoms with E-state index in [4.69, 9.17) is 4.74 Å². The Bertz CT molecular complexity index is 287. The van der Waals surface area contributed by atoms with Crippen LogP contribution in [0.5, 0.6) is 0 Å². The van der Waals surface area contributed by atoms with Crippen molar-refractivity contribution in [2.45, 2.75) is 32.2 Å². The molecule has 1 aliphatic carbocycles. The van der Waals surface area contributed by atoms with Crippen molar-refractivity contribution in [2.24, 2.45) is 5.92 Å². The predicted octanol–water partition coefficient (Wildman–Crippen LogP) is 1.95. The first-order chi connectivity index (χ1) is 8.58. The van der Waals surface area contributed by atoms with Crippen LogP contribution in [0.25, 0.3) is 0 Å².